The first-order valence-electron chi connectivity index (χ1n) is 9.54. The summed E-state index contributed by atoms with van der Waals surface area (Å²) in [5.41, 5.74) is 2.21. The van der Waals surface area contributed by atoms with E-state index < -0.39 is 11.7 Å². The lowest BCUT2D eigenvalue weighted by Gasteiger charge is -2.23. The zero-order valence-corrected chi connectivity index (χ0v) is 17.4. The van der Waals surface area contributed by atoms with E-state index in [-0.39, 0.29) is 18.4 Å². The van der Waals surface area contributed by atoms with Crippen molar-refractivity contribution in [3.8, 4) is 11.1 Å². The normalized spacial score (nSPS) is 14.4. The molecule has 1 aliphatic rings. The number of hydrogen-bond donors (Lipinski definition) is 1. The molecule has 1 aliphatic carbocycles. The van der Waals surface area contributed by atoms with E-state index in [4.69, 9.17) is 0 Å². The van der Waals surface area contributed by atoms with Gasteiger partial charge in [-0.3, -0.25) is 4.79 Å². The molecule has 0 saturated heterocycles. The highest BCUT2D eigenvalue weighted by molar-refractivity contribution is 9.10. The van der Waals surface area contributed by atoms with Gasteiger partial charge in [-0.05, 0) is 61.2 Å². The molecule has 1 fully saturated rings. The third kappa shape index (κ3) is 4.06. The lowest BCUT2D eigenvalue weighted by molar-refractivity contribution is -0.137. The van der Waals surface area contributed by atoms with Gasteiger partial charge in [0.05, 0.1) is 5.56 Å². The summed E-state index contributed by atoms with van der Waals surface area (Å²) in [4.78, 5) is 17.4. The number of carbonyl (C=O) groups excluding carboxylic acids is 1. The standard InChI is InChI=1S/C22H20BrF3N2O/c1-2-28(21(29)13-3-4-13)12-14-9-15(22(24,25)26)5-7-17(14)19-11-27-20-8-6-16(23)10-18(19)20/h5-11,13,27H,2-4,12H2,1H3. The minimum Gasteiger partial charge on any atom is -0.361 e. The van der Waals surface area contributed by atoms with Crippen LogP contribution in [-0.2, 0) is 17.5 Å². The number of hydrogen-bond acceptors (Lipinski definition) is 1. The molecule has 29 heavy (non-hydrogen) atoms. The number of nitrogens with zero attached hydrogens (tertiary/aromatic N) is 1. The zero-order chi connectivity index (χ0) is 20.8. The van der Waals surface area contributed by atoms with Crippen molar-refractivity contribution < 1.29 is 18.0 Å². The number of carbonyl (C=O) groups is 1. The Kier molecular flexibility index (Phi) is 5.19. The third-order valence-electron chi connectivity index (χ3n) is 5.35. The van der Waals surface area contributed by atoms with E-state index >= 15 is 0 Å². The molecule has 0 atom stereocenters. The van der Waals surface area contributed by atoms with E-state index in [1.807, 2.05) is 31.3 Å². The van der Waals surface area contributed by atoms with Crippen LogP contribution < -0.4 is 0 Å². The van der Waals surface area contributed by atoms with Crippen LogP contribution in [0.1, 0.15) is 30.9 Å². The average Bonchev–Trinajstić information content (AvgIpc) is 3.45. The van der Waals surface area contributed by atoms with Crippen LogP contribution in [0.5, 0.6) is 0 Å². The first-order chi connectivity index (χ1) is 13.8. The van der Waals surface area contributed by atoms with Crippen molar-refractivity contribution in [2.45, 2.75) is 32.5 Å². The molecule has 2 aromatic carbocycles. The quantitative estimate of drug-likeness (QED) is 0.467. The van der Waals surface area contributed by atoms with E-state index in [1.165, 1.54) is 12.1 Å². The molecule has 0 aliphatic heterocycles. The molecule has 1 aromatic heterocycles. The van der Waals surface area contributed by atoms with Gasteiger partial charge in [-0.1, -0.05) is 22.0 Å². The second kappa shape index (κ2) is 7.52. The van der Waals surface area contributed by atoms with Crippen molar-refractivity contribution in [3.63, 3.8) is 0 Å². The Hall–Kier alpha value is -2.28. The second-order valence-corrected chi connectivity index (χ2v) is 8.30. The number of aromatic amines is 1. The molecule has 7 heteroatoms. The highest BCUT2D eigenvalue weighted by Crippen LogP contribution is 2.38. The molecule has 3 aromatic rings. The lowest BCUT2D eigenvalue weighted by Crippen LogP contribution is -2.31. The molecule has 0 radical (unpaired) electrons. The van der Waals surface area contributed by atoms with Gasteiger partial charge in [-0.25, -0.2) is 0 Å². The van der Waals surface area contributed by atoms with Gasteiger partial charge < -0.3 is 9.88 Å². The van der Waals surface area contributed by atoms with Crippen LogP contribution in [0.3, 0.4) is 0 Å². The van der Waals surface area contributed by atoms with Crippen LogP contribution in [-0.4, -0.2) is 22.3 Å². The molecular weight excluding hydrogens is 445 g/mol. The Balaban J connectivity index is 1.82. The topological polar surface area (TPSA) is 36.1 Å². The fraction of sp³-hybridized carbons (Fsp3) is 0.318. The monoisotopic (exact) mass is 464 g/mol. The first-order valence-corrected chi connectivity index (χ1v) is 10.3. The summed E-state index contributed by atoms with van der Waals surface area (Å²) in [6.45, 7) is 2.48. The van der Waals surface area contributed by atoms with Gasteiger partial charge in [0, 0.05) is 46.1 Å². The number of alkyl halides is 3. The van der Waals surface area contributed by atoms with Gasteiger partial charge in [-0.15, -0.1) is 0 Å². The van der Waals surface area contributed by atoms with Gasteiger partial charge in [0.15, 0.2) is 0 Å². The number of amides is 1. The van der Waals surface area contributed by atoms with E-state index in [0.717, 1.165) is 39.8 Å². The minimum atomic E-state index is -4.44. The Morgan fingerprint density at radius 1 is 1.17 bits per heavy atom. The maximum absolute atomic E-state index is 13.4. The summed E-state index contributed by atoms with van der Waals surface area (Å²) in [5.74, 6) is 0.0470. The summed E-state index contributed by atoms with van der Waals surface area (Å²) >= 11 is 3.46. The Bertz CT molecular complexity index is 1070. The van der Waals surface area contributed by atoms with Crippen molar-refractivity contribution in [3.05, 3.63) is 58.2 Å². The van der Waals surface area contributed by atoms with Gasteiger partial charge >= 0.3 is 6.18 Å². The highest BCUT2D eigenvalue weighted by atomic mass is 79.9. The van der Waals surface area contributed by atoms with Crippen molar-refractivity contribution >= 4 is 32.7 Å². The van der Waals surface area contributed by atoms with E-state index in [1.54, 1.807) is 4.90 Å². The number of fused-ring (bicyclic) bond motifs is 1. The number of benzene rings is 2. The average molecular weight is 465 g/mol. The maximum atomic E-state index is 13.4. The molecule has 1 amide bonds. The van der Waals surface area contributed by atoms with Gasteiger partial charge in [0.2, 0.25) is 5.91 Å². The van der Waals surface area contributed by atoms with Crippen molar-refractivity contribution in [1.29, 1.82) is 0 Å². The zero-order valence-electron chi connectivity index (χ0n) is 15.8. The van der Waals surface area contributed by atoms with Crippen molar-refractivity contribution in [2.24, 2.45) is 5.92 Å². The Morgan fingerprint density at radius 2 is 1.93 bits per heavy atom. The fourth-order valence-corrected chi connectivity index (χ4v) is 3.98. The van der Waals surface area contributed by atoms with Crippen LogP contribution in [0.4, 0.5) is 13.2 Å². The van der Waals surface area contributed by atoms with Crippen LogP contribution in [0.15, 0.2) is 47.1 Å². The third-order valence-corrected chi connectivity index (χ3v) is 5.84. The van der Waals surface area contributed by atoms with Crippen molar-refractivity contribution in [2.75, 3.05) is 6.54 Å². The number of halogens is 4. The second-order valence-electron chi connectivity index (χ2n) is 7.39. The Labute approximate surface area is 175 Å². The summed E-state index contributed by atoms with van der Waals surface area (Å²) < 4.78 is 41.0. The number of rotatable bonds is 5. The number of nitrogens with one attached hydrogen (secondary N) is 1. The van der Waals surface area contributed by atoms with Gasteiger partial charge in [0.25, 0.3) is 0 Å². The van der Waals surface area contributed by atoms with Crippen molar-refractivity contribution in [1.82, 2.24) is 9.88 Å². The summed E-state index contributed by atoms with van der Waals surface area (Å²) in [6, 6.07) is 9.56. The Morgan fingerprint density at radius 3 is 2.59 bits per heavy atom. The molecule has 1 N–H and O–H groups in total. The van der Waals surface area contributed by atoms with E-state index in [2.05, 4.69) is 20.9 Å². The molecule has 0 spiro atoms. The smallest absolute Gasteiger partial charge is 0.361 e. The molecule has 0 bridgehead atoms. The molecular formula is C22H20BrF3N2O. The van der Waals surface area contributed by atoms with Gasteiger partial charge in [0.1, 0.15) is 0 Å². The molecule has 0 unspecified atom stereocenters. The molecule has 152 valence electrons. The molecule has 4 rings (SSSR count). The SMILES string of the molecule is CCN(Cc1cc(C(F)(F)F)ccc1-c1c[nH]c2ccc(Br)cc12)C(=O)C1CC1. The number of H-pyrrole nitrogens is 1. The minimum absolute atomic E-state index is 0.0215. The van der Waals surface area contributed by atoms with Crippen LogP contribution in [0.25, 0.3) is 22.0 Å². The molecule has 3 nitrogen and oxygen atoms in total. The highest BCUT2D eigenvalue weighted by Gasteiger charge is 2.34. The first kappa shape index (κ1) is 20.0. The van der Waals surface area contributed by atoms with Crippen LogP contribution in [0.2, 0.25) is 0 Å². The van der Waals surface area contributed by atoms with Crippen LogP contribution >= 0.6 is 15.9 Å². The van der Waals surface area contributed by atoms with Crippen LogP contribution in [0, 0.1) is 5.92 Å². The predicted octanol–water partition coefficient (Wildman–Crippen LogP) is 6.37. The summed E-state index contributed by atoms with van der Waals surface area (Å²) in [7, 11) is 0. The molecule has 1 heterocycles. The predicted molar refractivity (Wildman–Crippen MR) is 110 cm³/mol. The maximum Gasteiger partial charge on any atom is 0.416 e. The summed E-state index contributed by atoms with van der Waals surface area (Å²) in [5, 5.41) is 0.914. The van der Waals surface area contributed by atoms with E-state index in [9.17, 15) is 18.0 Å². The summed E-state index contributed by atoms with van der Waals surface area (Å²) in [6.07, 6.45) is -0.904. The van der Waals surface area contributed by atoms with E-state index in [0.29, 0.717) is 17.7 Å². The largest absolute Gasteiger partial charge is 0.416 e. The fourth-order valence-electron chi connectivity index (χ4n) is 3.62. The van der Waals surface area contributed by atoms with Gasteiger partial charge in [-0.2, -0.15) is 13.2 Å². The lowest BCUT2D eigenvalue weighted by atomic mass is 9.96. The molecule has 1 saturated carbocycles. The number of aromatic nitrogens is 1.